The molecule has 21 heavy (non-hydrogen) atoms. The van der Waals surface area contributed by atoms with Crippen LogP contribution < -0.4 is 15.8 Å². The van der Waals surface area contributed by atoms with Gasteiger partial charge in [-0.05, 0) is 0 Å². The van der Waals surface area contributed by atoms with E-state index < -0.39 is 0 Å². The number of halogens is 1. The topological polar surface area (TPSA) is 68.6 Å². The van der Waals surface area contributed by atoms with Crippen molar-refractivity contribution >= 4 is 17.3 Å². The van der Waals surface area contributed by atoms with Crippen LogP contribution in [0.3, 0.4) is 0 Å². The van der Waals surface area contributed by atoms with Gasteiger partial charge in [-0.2, -0.15) is 5.10 Å². The standard InChI is InChI=1S/C13H21ClN4O3/c1-17(9-10-7-15-3-5-21-10)11-8-16-18(4-6-20-2)13(19)12(11)14/h8,10,15H,3-7,9H2,1-2H3. The number of methoxy groups -OCH3 is 1. The highest BCUT2D eigenvalue weighted by atomic mass is 35.5. The lowest BCUT2D eigenvalue weighted by Crippen LogP contribution is -2.44. The Morgan fingerprint density at radius 3 is 3.14 bits per heavy atom. The Morgan fingerprint density at radius 2 is 2.48 bits per heavy atom. The summed E-state index contributed by atoms with van der Waals surface area (Å²) in [5, 5.41) is 7.58. The fourth-order valence-corrected chi connectivity index (χ4v) is 2.49. The molecule has 0 saturated carbocycles. The predicted octanol–water partition coefficient (Wildman–Crippen LogP) is -0.0323. The fraction of sp³-hybridized carbons (Fsp3) is 0.692. The lowest BCUT2D eigenvalue weighted by molar-refractivity contribution is 0.0340. The van der Waals surface area contributed by atoms with E-state index in [0.717, 1.165) is 13.1 Å². The zero-order valence-corrected chi connectivity index (χ0v) is 13.1. The molecule has 8 heteroatoms. The van der Waals surface area contributed by atoms with Crippen LogP contribution in [0.1, 0.15) is 0 Å². The molecule has 1 aromatic heterocycles. The number of hydrogen-bond donors (Lipinski definition) is 1. The SMILES string of the molecule is COCCn1ncc(N(C)CC2CNCCO2)c(Cl)c1=O. The minimum absolute atomic E-state index is 0.0794. The normalized spacial score (nSPS) is 18.7. The predicted molar refractivity (Wildman–Crippen MR) is 81.3 cm³/mol. The van der Waals surface area contributed by atoms with Gasteiger partial charge in [0.15, 0.2) is 0 Å². The molecular formula is C13H21ClN4O3. The maximum absolute atomic E-state index is 12.1. The van der Waals surface area contributed by atoms with E-state index in [4.69, 9.17) is 21.1 Å². The minimum atomic E-state index is -0.305. The van der Waals surface area contributed by atoms with Crippen LogP contribution in [0.2, 0.25) is 5.02 Å². The van der Waals surface area contributed by atoms with Crippen LogP contribution in [0.4, 0.5) is 5.69 Å². The van der Waals surface area contributed by atoms with Crippen molar-refractivity contribution in [1.82, 2.24) is 15.1 Å². The molecule has 1 aromatic rings. The third-order valence-electron chi connectivity index (χ3n) is 3.37. The maximum Gasteiger partial charge on any atom is 0.287 e. The van der Waals surface area contributed by atoms with Gasteiger partial charge in [0.2, 0.25) is 0 Å². The Balaban J connectivity index is 2.08. The summed E-state index contributed by atoms with van der Waals surface area (Å²) in [6.07, 6.45) is 1.69. The van der Waals surface area contributed by atoms with Crippen molar-refractivity contribution in [1.29, 1.82) is 0 Å². The van der Waals surface area contributed by atoms with Crippen LogP contribution in [-0.2, 0) is 16.0 Å². The molecule has 118 valence electrons. The molecule has 1 saturated heterocycles. The van der Waals surface area contributed by atoms with Crippen molar-refractivity contribution in [2.45, 2.75) is 12.6 Å². The second-order valence-electron chi connectivity index (χ2n) is 4.94. The molecule has 7 nitrogen and oxygen atoms in total. The van der Waals surface area contributed by atoms with E-state index in [0.29, 0.717) is 32.0 Å². The Kier molecular flexibility index (Phi) is 5.98. The smallest absolute Gasteiger partial charge is 0.287 e. The second kappa shape index (κ2) is 7.74. The van der Waals surface area contributed by atoms with E-state index >= 15 is 0 Å². The van der Waals surface area contributed by atoms with Gasteiger partial charge in [0.25, 0.3) is 5.56 Å². The average molecular weight is 317 g/mol. The minimum Gasteiger partial charge on any atom is -0.383 e. The number of ether oxygens (including phenoxy) is 2. The molecule has 1 N–H and O–H groups in total. The number of nitrogens with one attached hydrogen (secondary N) is 1. The molecule has 0 amide bonds. The number of rotatable bonds is 6. The monoisotopic (exact) mass is 316 g/mol. The summed E-state index contributed by atoms with van der Waals surface area (Å²) in [5.41, 5.74) is 0.310. The lowest BCUT2D eigenvalue weighted by Gasteiger charge is -2.29. The van der Waals surface area contributed by atoms with E-state index in [1.807, 2.05) is 11.9 Å². The van der Waals surface area contributed by atoms with Crippen molar-refractivity contribution in [3.63, 3.8) is 0 Å². The first-order chi connectivity index (χ1) is 10.1. The van der Waals surface area contributed by atoms with Crippen molar-refractivity contribution in [2.24, 2.45) is 0 Å². The second-order valence-corrected chi connectivity index (χ2v) is 5.32. The van der Waals surface area contributed by atoms with Crippen LogP contribution >= 0.6 is 11.6 Å². The molecule has 0 aromatic carbocycles. The average Bonchev–Trinajstić information content (AvgIpc) is 2.49. The molecule has 1 aliphatic rings. The van der Waals surface area contributed by atoms with Crippen molar-refractivity contribution in [3.8, 4) is 0 Å². The molecular weight excluding hydrogens is 296 g/mol. The molecule has 2 rings (SSSR count). The van der Waals surface area contributed by atoms with Crippen LogP contribution in [0.5, 0.6) is 0 Å². The summed E-state index contributed by atoms with van der Waals surface area (Å²) in [6.45, 7) is 3.81. The molecule has 1 fully saturated rings. The molecule has 2 heterocycles. The highest BCUT2D eigenvalue weighted by Gasteiger charge is 2.19. The zero-order valence-electron chi connectivity index (χ0n) is 12.3. The van der Waals surface area contributed by atoms with Crippen LogP contribution in [0.15, 0.2) is 11.0 Å². The van der Waals surface area contributed by atoms with E-state index in [-0.39, 0.29) is 16.7 Å². The largest absolute Gasteiger partial charge is 0.383 e. The molecule has 1 unspecified atom stereocenters. The van der Waals surface area contributed by atoms with Crippen LogP contribution in [0, 0.1) is 0 Å². The van der Waals surface area contributed by atoms with Gasteiger partial charge in [0.05, 0.1) is 37.7 Å². The highest BCUT2D eigenvalue weighted by molar-refractivity contribution is 6.33. The first-order valence-corrected chi connectivity index (χ1v) is 7.29. The Bertz CT molecular complexity index is 517. The van der Waals surface area contributed by atoms with E-state index in [1.54, 1.807) is 13.3 Å². The van der Waals surface area contributed by atoms with Gasteiger partial charge in [-0.1, -0.05) is 11.6 Å². The quantitative estimate of drug-likeness (QED) is 0.795. The van der Waals surface area contributed by atoms with E-state index in [1.165, 1.54) is 4.68 Å². The first kappa shape index (κ1) is 16.2. The van der Waals surface area contributed by atoms with Gasteiger partial charge in [-0.3, -0.25) is 4.79 Å². The van der Waals surface area contributed by atoms with Gasteiger partial charge in [0, 0.05) is 33.8 Å². The van der Waals surface area contributed by atoms with Crippen molar-refractivity contribution in [3.05, 3.63) is 21.6 Å². The summed E-state index contributed by atoms with van der Waals surface area (Å²) in [7, 11) is 3.45. The van der Waals surface area contributed by atoms with E-state index in [9.17, 15) is 4.79 Å². The number of anilines is 1. The Labute approximate surface area is 128 Å². The number of morpholine rings is 1. The Hall–Kier alpha value is -1.15. The number of likely N-dealkylation sites (N-methyl/N-ethyl adjacent to an activating group) is 1. The van der Waals surface area contributed by atoms with E-state index in [2.05, 4.69) is 10.4 Å². The van der Waals surface area contributed by atoms with Crippen LogP contribution in [-0.4, -0.2) is 62.9 Å². The number of aromatic nitrogens is 2. The molecule has 0 bridgehead atoms. The maximum atomic E-state index is 12.1. The summed E-state index contributed by atoms with van der Waals surface area (Å²) < 4.78 is 11.9. The number of nitrogens with zero attached hydrogens (tertiary/aromatic N) is 3. The lowest BCUT2D eigenvalue weighted by atomic mass is 10.2. The van der Waals surface area contributed by atoms with Crippen molar-refractivity contribution < 1.29 is 9.47 Å². The summed E-state index contributed by atoms with van der Waals surface area (Å²) in [5.74, 6) is 0. The van der Waals surface area contributed by atoms with Gasteiger partial charge >= 0.3 is 0 Å². The molecule has 0 spiro atoms. The fourth-order valence-electron chi connectivity index (χ4n) is 2.20. The van der Waals surface area contributed by atoms with Gasteiger partial charge in [-0.15, -0.1) is 0 Å². The molecule has 1 aliphatic heterocycles. The van der Waals surface area contributed by atoms with Crippen molar-refractivity contribution in [2.75, 3.05) is 51.9 Å². The number of hydrogen-bond acceptors (Lipinski definition) is 6. The summed E-state index contributed by atoms with van der Waals surface area (Å²) >= 11 is 6.18. The van der Waals surface area contributed by atoms with Gasteiger partial charge < -0.3 is 19.7 Å². The highest BCUT2D eigenvalue weighted by Crippen LogP contribution is 2.20. The van der Waals surface area contributed by atoms with Crippen LogP contribution in [0.25, 0.3) is 0 Å². The summed E-state index contributed by atoms with van der Waals surface area (Å²) in [4.78, 5) is 14.0. The molecule has 0 radical (unpaired) electrons. The third-order valence-corrected chi connectivity index (χ3v) is 3.72. The van der Waals surface area contributed by atoms with Gasteiger partial charge in [-0.25, -0.2) is 4.68 Å². The zero-order chi connectivity index (χ0) is 15.2. The van der Waals surface area contributed by atoms with Gasteiger partial charge in [0.1, 0.15) is 5.02 Å². The molecule has 1 atom stereocenters. The summed E-state index contributed by atoms with van der Waals surface area (Å²) in [6, 6.07) is 0. The third kappa shape index (κ3) is 4.16. The molecule has 0 aliphatic carbocycles. The Morgan fingerprint density at radius 1 is 1.67 bits per heavy atom. The first-order valence-electron chi connectivity index (χ1n) is 6.91.